The van der Waals surface area contributed by atoms with Crippen LogP contribution in [0.25, 0.3) is 0 Å². The van der Waals surface area contributed by atoms with Gasteiger partial charge < -0.3 is 10.2 Å². The minimum Gasteiger partial charge on any atom is -0.390 e. The van der Waals surface area contributed by atoms with Crippen molar-refractivity contribution in [2.45, 2.75) is 123 Å². The van der Waals surface area contributed by atoms with Crippen LogP contribution >= 0.6 is 0 Å². The molecule has 0 heterocycles. The van der Waals surface area contributed by atoms with E-state index in [4.69, 9.17) is 0 Å². The Kier molecular flexibility index (Phi) is 5.80. The van der Waals surface area contributed by atoms with Gasteiger partial charge in [-0.25, -0.2) is 0 Å². The van der Waals surface area contributed by atoms with Crippen LogP contribution in [-0.4, -0.2) is 21.4 Å². The summed E-state index contributed by atoms with van der Waals surface area (Å²) >= 11 is 0. The van der Waals surface area contributed by atoms with Crippen molar-refractivity contribution in [2.75, 3.05) is 0 Å². The predicted octanol–water partition coefficient (Wildman–Crippen LogP) is 6.89. The Morgan fingerprint density at radius 2 is 1.83 bits per heavy atom. The van der Waals surface area contributed by atoms with E-state index < -0.39 is 11.2 Å². The monoisotopic (exact) mass is 416 g/mol. The van der Waals surface area contributed by atoms with E-state index >= 15 is 0 Å². The maximum atomic E-state index is 10.7. The summed E-state index contributed by atoms with van der Waals surface area (Å²) < 4.78 is 0. The summed E-state index contributed by atoms with van der Waals surface area (Å²) in [5.41, 5.74) is 1.41. The van der Waals surface area contributed by atoms with Crippen LogP contribution in [0.15, 0.2) is 11.6 Å². The second-order valence-corrected chi connectivity index (χ2v) is 13.0. The van der Waals surface area contributed by atoms with Crippen molar-refractivity contribution in [2.24, 2.45) is 40.4 Å². The molecule has 172 valence electrons. The maximum Gasteiger partial charge on any atom is 0.0657 e. The van der Waals surface area contributed by atoms with Crippen LogP contribution in [0.1, 0.15) is 112 Å². The molecule has 0 saturated heterocycles. The van der Waals surface area contributed by atoms with Crippen LogP contribution in [0.5, 0.6) is 0 Å². The van der Waals surface area contributed by atoms with E-state index in [0.29, 0.717) is 16.7 Å². The lowest BCUT2D eigenvalue weighted by Crippen LogP contribution is -2.52. The van der Waals surface area contributed by atoms with Crippen LogP contribution in [0.3, 0.4) is 0 Å². The standard InChI is InChI=1S/C28H48O2/c1-7-25(3,29)14-12-19(2)22-10-11-23-21-9-8-20-18-26(4,30)16-17-27(20,5)24(21)13-15-28(22,23)6/h8,19,21-24,29-30H,7,9-18H2,1-6H3/t19-,21+,22?,23+,24+,25-,26+,27+,28-/m1/s1. The molecule has 2 heteroatoms. The quantitative estimate of drug-likeness (QED) is 0.479. The molecule has 9 atom stereocenters. The molecule has 0 bridgehead atoms. The van der Waals surface area contributed by atoms with Gasteiger partial charge in [0.05, 0.1) is 11.2 Å². The fraction of sp³-hybridized carbons (Fsp3) is 0.929. The van der Waals surface area contributed by atoms with Gasteiger partial charge in [-0.15, -0.1) is 0 Å². The molecule has 0 amide bonds. The Labute approximate surface area is 185 Å². The van der Waals surface area contributed by atoms with Gasteiger partial charge in [0.1, 0.15) is 0 Å². The second-order valence-electron chi connectivity index (χ2n) is 13.0. The average Bonchev–Trinajstić information content (AvgIpc) is 3.04. The smallest absolute Gasteiger partial charge is 0.0657 e. The van der Waals surface area contributed by atoms with Crippen molar-refractivity contribution in [1.29, 1.82) is 0 Å². The number of fused-ring (bicyclic) bond motifs is 5. The highest BCUT2D eigenvalue weighted by molar-refractivity contribution is 5.26. The fourth-order valence-electron chi connectivity index (χ4n) is 8.70. The van der Waals surface area contributed by atoms with E-state index in [1.807, 2.05) is 13.8 Å². The molecule has 4 aliphatic rings. The van der Waals surface area contributed by atoms with Crippen LogP contribution in [-0.2, 0) is 0 Å². The van der Waals surface area contributed by atoms with Gasteiger partial charge in [0.2, 0.25) is 0 Å². The van der Waals surface area contributed by atoms with Gasteiger partial charge in [0.15, 0.2) is 0 Å². The zero-order chi connectivity index (χ0) is 21.9. The fourth-order valence-corrected chi connectivity index (χ4v) is 8.70. The van der Waals surface area contributed by atoms with E-state index in [2.05, 4.69) is 33.8 Å². The van der Waals surface area contributed by atoms with Gasteiger partial charge in [-0.3, -0.25) is 0 Å². The van der Waals surface area contributed by atoms with Gasteiger partial charge in [-0.05, 0) is 125 Å². The summed E-state index contributed by atoms with van der Waals surface area (Å²) in [7, 11) is 0. The molecule has 2 N–H and O–H groups in total. The highest BCUT2D eigenvalue weighted by Gasteiger charge is 2.59. The summed E-state index contributed by atoms with van der Waals surface area (Å²) in [6.07, 6.45) is 15.4. The van der Waals surface area contributed by atoms with Gasteiger partial charge in [-0.1, -0.05) is 39.3 Å². The van der Waals surface area contributed by atoms with Crippen LogP contribution in [0, 0.1) is 40.4 Å². The molecule has 0 aromatic carbocycles. The van der Waals surface area contributed by atoms with Crippen molar-refractivity contribution in [3.63, 3.8) is 0 Å². The van der Waals surface area contributed by atoms with Crippen molar-refractivity contribution in [3.05, 3.63) is 11.6 Å². The number of aliphatic hydroxyl groups is 2. The third-order valence-electron chi connectivity index (χ3n) is 11.0. The molecule has 3 fully saturated rings. The van der Waals surface area contributed by atoms with E-state index in [1.165, 1.54) is 44.9 Å². The normalized spacial score (nSPS) is 48.7. The minimum atomic E-state index is -0.494. The summed E-state index contributed by atoms with van der Waals surface area (Å²) in [5, 5.41) is 21.2. The van der Waals surface area contributed by atoms with Gasteiger partial charge in [0, 0.05) is 0 Å². The largest absolute Gasteiger partial charge is 0.390 e. The topological polar surface area (TPSA) is 40.5 Å². The van der Waals surface area contributed by atoms with Gasteiger partial charge in [-0.2, -0.15) is 0 Å². The molecule has 0 radical (unpaired) electrons. The Balaban J connectivity index is 1.51. The SMILES string of the molecule is CC[C@@](C)(O)CC[C@@H](C)C1CC[C@H]2[C@@H]3CC=C4C[C@@](C)(O)CC[C@]4(C)[C@H]3CC[C@]12C. The average molecular weight is 417 g/mol. The summed E-state index contributed by atoms with van der Waals surface area (Å²) in [4.78, 5) is 0. The lowest BCUT2D eigenvalue weighted by Gasteiger charge is -2.59. The van der Waals surface area contributed by atoms with Crippen LogP contribution in [0.4, 0.5) is 0 Å². The van der Waals surface area contributed by atoms with Gasteiger partial charge in [0.25, 0.3) is 0 Å². The van der Waals surface area contributed by atoms with E-state index in [0.717, 1.165) is 49.4 Å². The number of hydrogen-bond donors (Lipinski definition) is 2. The highest BCUT2D eigenvalue weighted by Crippen LogP contribution is 2.67. The highest BCUT2D eigenvalue weighted by atomic mass is 16.3. The molecule has 4 rings (SSSR count). The zero-order valence-electron chi connectivity index (χ0n) is 20.6. The summed E-state index contributed by atoms with van der Waals surface area (Å²) in [5.74, 6) is 4.07. The molecular formula is C28H48O2. The van der Waals surface area contributed by atoms with Crippen molar-refractivity contribution in [1.82, 2.24) is 0 Å². The van der Waals surface area contributed by atoms with Crippen LogP contribution < -0.4 is 0 Å². The molecule has 1 unspecified atom stereocenters. The first kappa shape index (κ1) is 22.8. The molecule has 0 aromatic heterocycles. The number of rotatable bonds is 5. The minimum absolute atomic E-state index is 0.329. The Hall–Kier alpha value is -0.340. The first-order chi connectivity index (χ1) is 13.9. The molecule has 0 aromatic rings. The first-order valence-corrected chi connectivity index (χ1v) is 13.1. The van der Waals surface area contributed by atoms with E-state index in [9.17, 15) is 10.2 Å². The molecule has 30 heavy (non-hydrogen) atoms. The lowest BCUT2D eigenvalue weighted by atomic mass is 9.46. The third-order valence-corrected chi connectivity index (χ3v) is 11.0. The van der Waals surface area contributed by atoms with Crippen molar-refractivity contribution >= 4 is 0 Å². The first-order valence-electron chi connectivity index (χ1n) is 13.1. The summed E-state index contributed by atoms with van der Waals surface area (Å²) in [6, 6.07) is 0. The zero-order valence-corrected chi connectivity index (χ0v) is 20.6. The number of hydrogen-bond acceptors (Lipinski definition) is 2. The molecule has 2 nitrogen and oxygen atoms in total. The lowest BCUT2D eigenvalue weighted by molar-refractivity contribution is -0.0715. The second kappa shape index (κ2) is 7.62. The van der Waals surface area contributed by atoms with E-state index in [-0.39, 0.29) is 0 Å². The summed E-state index contributed by atoms with van der Waals surface area (Å²) in [6.45, 7) is 13.8. The predicted molar refractivity (Wildman–Crippen MR) is 125 cm³/mol. The molecule has 0 spiro atoms. The molecule has 4 aliphatic carbocycles. The van der Waals surface area contributed by atoms with Crippen LogP contribution in [0.2, 0.25) is 0 Å². The number of allylic oxidation sites excluding steroid dienone is 1. The maximum absolute atomic E-state index is 10.7. The van der Waals surface area contributed by atoms with E-state index in [1.54, 1.807) is 5.57 Å². The van der Waals surface area contributed by atoms with Crippen molar-refractivity contribution in [3.8, 4) is 0 Å². The Bertz CT molecular complexity index is 676. The molecule has 0 aliphatic heterocycles. The Morgan fingerprint density at radius 3 is 2.53 bits per heavy atom. The van der Waals surface area contributed by atoms with Gasteiger partial charge >= 0.3 is 0 Å². The Morgan fingerprint density at radius 1 is 1.10 bits per heavy atom. The molecule has 3 saturated carbocycles. The third kappa shape index (κ3) is 3.72. The molecular weight excluding hydrogens is 368 g/mol. The van der Waals surface area contributed by atoms with Crippen molar-refractivity contribution < 1.29 is 10.2 Å².